The Morgan fingerprint density at radius 3 is 2.17 bits per heavy atom. The summed E-state index contributed by atoms with van der Waals surface area (Å²) >= 11 is -2.45. The van der Waals surface area contributed by atoms with Crippen molar-refractivity contribution in [2.75, 3.05) is 30.9 Å². The molecule has 3 rings (SSSR count). The van der Waals surface area contributed by atoms with E-state index in [1.165, 1.54) is 41.3 Å². The third kappa shape index (κ3) is 4.96. The van der Waals surface area contributed by atoms with Gasteiger partial charge in [0.1, 0.15) is 0 Å². The van der Waals surface area contributed by atoms with E-state index in [1.54, 1.807) is 4.90 Å². The van der Waals surface area contributed by atoms with E-state index in [1.807, 2.05) is 0 Å². The summed E-state index contributed by atoms with van der Waals surface area (Å²) in [5.41, 5.74) is 0.381. The van der Waals surface area contributed by atoms with Gasteiger partial charge in [0.25, 0.3) is 11.8 Å². The van der Waals surface area contributed by atoms with Crippen LogP contribution in [0.3, 0.4) is 0 Å². The molecule has 29 heavy (non-hydrogen) atoms. The molecule has 0 saturated carbocycles. The number of hydrogen-bond donors (Lipinski definition) is 1. The molecule has 1 unspecified atom stereocenters. The Bertz CT molecular complexity index is 940. The number of benzene rings is 2. The van der Waals surface area contributed by atoms with Gasteiger partial charge in [-0.1, -0.05) is 6.07 Å². The second-order valence-corrected chi connectivity index (χ2v) is 7.13. The standard InChI is InChI=1S/C19H19F2N3O4S/c20-16-4-1-3-15(17(16)21)19(26)24-10-2-9-23(11-12-24)18(25)13-5-7-14(8-6-13)22-29(27)28/h1,3-8,22H,2,9-12H2,(H,27,28)/p-1. The van der Waals surface area contributed by atoms with Gasteiger partial charge in [-0.15, -0.1) is 0 Å². The van der Waals surface area contributed by atoms with Gasteiger partial charge in [-0.2, -0.15) is 0 Å². The minimum absolute atomic E-state index is 0.190. The second kappa shape index (κ2) is 9.10. The normalized spacial score (nSPS) is 15.6. The Hall–Kier alpha value is -2.85. The third-order valence-electron chi connectivity index (χ3n) is 4.59. The van der Waals surface area contributed by atoms with Gasteiger partial charge in [-0.25, -0.2) is 8.78 Å². The first-order valence-electron chi connectivity index (χ1n) is 8.85. The molecule has 0 aliphatic carbocycles. The van der Waals surface area contributed by atoms with Crippen LogP contribution in [-0.2, 0) is 11.3 Å². The van der Waals surface area contributed by atoms with Crippen LogP contribution >= 0.6 is 0 Å². The van der Waals surface area contributed by atoms with E-state index >= 15 is 0 Å². The highest BCUT2D eigenvalue weighted by molar-refractivity contribution is 7.80. The van der Waals surface area contributed by atoms with Gasteiger partial charge in [0.2, 0.25) is 0 Å². The molecule has 1 N–H and O–H groups in total. The van der Waals surface area contributed by atoms with Crippen molar-refractivity contribution in [1.29, 1.82) is 0 Å². The number of anilines is 1. The van der Waals surface area contributed by atoms with Crippen molar-refractivity contribution in [3.8, 4) is 0 Å². The van der Waals surface area contributed by atoms with Crippen molar-refractivity contribution >= 4 is 28.8 Å². The van der Waals surface area contributed by atoms with Gasteiger partial charge in [-0.3, -0.25) is 13.8 Å². The summed E-state index contributed by atoms with van der Waals surface area (Å²) in [7, 11) is 0. The minimum Gasteiger partial charge on any atom is -0.755 e. The van der Waals surface area contributed by atoms with Crippen molar-refractivity contribution in [2.24, 2.45) is 0 Å². The number of nitrogens with one attached hydrogen (secondary N) is 1. The van der Waals surface area contributed by atoms with E-state index in [0.29, 0.717) is 30.8 Å². The third-order valence-corrected chi connectivity index (χ3v) is 4.99. The lowest BCUT2D eigenvalue weighted by molar-refractivity contribution is 0.0715. The van der Waals surface area contributed by atoms with Gasteiger partial charge in [-0.05, 0) is 42.8 Å². The highest BCUT2D eigenvalue weighted by atomic mass is 32.2. The molecule has 2 aromatic rings. The van der Waals surface area contributed by atoms with Crippen molar-refractivity contribution in [2.45, 2.75) is 6.42 Å². The molecule has 2 amide bonds. The van der Waals surface area contributed by atoms with Crippen LogP contribution in [0.5, 0.6) is 0 Å². The Balaban J connectivity index is 1.66. The van der Waals surface area contributed by atoms with Crippen LogP contribution in [-0.4, -0.2) is 56.6 Å². The lowest BCUT2D eigenvalue weighted by atomic mass is 10.1. The van der Waals surface area contributed by atoms with Crippen molar-refractivity contribution in [3.63, 3.8) is 0 Å². The van der Waals surface area contributed by atoms with Crippen LogP contribution in [0.1, 0.15) is 27.1 Å². The SMILES string of the molecule is O=C(c1ccc(NS(=O)[O-])cc1)N1CCCN(C(=O)c2cccc(F)c2F)CC1. The zero-order valence-corrected chi connectivity index (χ0v) is 16.1. The Morgan fingerprint density at radius 1 is 0.931 bits per heavy atom. The summed E-state index contributed by atoms with van der Waals surface area (Å²) in [4.78, 5) is 28.2. The van der Waals surface area contributed by atoms with Gasteiger partial charge in [0, 0.05) is 48.7 Å². The Labute approximate surface area is 168 Å². The van der Waals surface area contributed by atoms with E-state index in [0.717, 1.165) is 6.07 Å². The summed E-state index contributed by atoms with van der Waals surface area (Å²) in [5, 5.41) is 0. The summed E-state index contributed by atoms with van der Waals surface area (Å²) in [6, 6.07) is 9.43. The van der Waals surface area contributed by atoms with Gasteiger partial charge >= 0.3 is 0 Å². The van der Waals surface area contributed by atoms with Crippen LogP contribution in [0, 0.1) is 11.6 Å². The van der Waals surface area contributed by atoms with Crippen molar-refractivity contribution < 1.29 is 27.1 Å². The molecule has 10 heteroatoms. The number of carbonyl (C=O) groups excluding carboxylic acids is 2. The van der Waals surface area contributed by atoms with Crippen LogP contribution < -0.4 is 4.72 Å². The molecule has 0 aromatic heterocycles. The lowest BCUT2D eigenvalue weighted by Gasteiger charge is -2.22. The van der Waals surface area contributed by atoms with E-state index < -0.39 is 28.8 Å². The molecule has 0 spiro atoms. The quantitative estimate of drug-likeness (QED) is 0.765. The fraction of sp³-hybridized carbons (Fsp3) is 0.263. The molecule has 0 radical (unpaired) electrons. The van der Waals surface area contributed by atoms with E-state index in [9.17, 15) is 27.1 Å². The van der Waals surface area contributed by atoms with Gasteiger partial charge in [0.15, 0.2) is 11.6 Å². The zero-order valence-electron chi connectivity index (χ0n) is 15.3. The average Bonchev–Trinajstić information content (AvgIpc) is 2.95. The predicted molar refractivity (Wildman–Crippen MR) is 102 cm³/mol. The number of halogens is 2. The highest BCUT2D eigenvalue weighted by Crippen LogP contribution is 2.17. The van der Waals surface area contributed by atoms with Crippen molar-refractivity contribution in [1.82, 2.24) is 9.80 Å². The molecule has 154 valence electrons. The number of hydrogen-bond acceptors (Lipinski definition) is 4. The largest absolute Gasteiger partial charge is 0.755 e. The molecular weight excluding hydrogens is 404 g/mol. The number of carbonyl (C=O) groups is 2. The summed E-state index contributed by atoms with van der Waals surface area (Å²) in [6.45, 7) is 1.15. The monoisotopic (exact) mass is 422 g/mol. The van der Waals surface area contributed by atoms with Gasteiger partial charge < -0.3 is 19.1 Å². The summed E-state index contributed by atoms with van der Waals surface area (Å²) in [5.74, 6) is -3.13. The van der Waals surface area contributed by atoms with Crippen LogP contribution in [0.4, 0.5) is 14.5 Å². The molecular formula is C19H18F2N3O4S-. The molecule has 2 aromatic carbocycles. The summed E-state index contributed by atoms with van der Waals surface area (Å²) < 4.78 is 50.8. The molecule has 1 heterocycles. The highest BCUT2D eigenvalue weighted by Gasteiger charge is 2.25. The summed E-state index contributed by atoms with van der Waals surface area (Å²) in [6.07, 6.45) is 0.489. The van der Waals surface area contributed by atoms with E-state index in [-0.39, 0.29) is 24.6 Å². The maximum atomic E-state index is 13.9. The van der Waals surface area contributed by atoms with Crippen LogP contribution in [0.15, 0.2) is 42.5 Å². The predicted octanol–water partition coefficient (Wildman–Crippen LogP) is 2.16. The number of nitrogens with zero attached hydrogens (tertiary/aromatic N) is 2. The molecule has 1 aliphatic heterocycles. The van der Waals surface area contributed by atoms with Crippen LogP contribution in [0.2, 0.25) is 0 Å². The van der Waals surface area contributed by atoms with Crippen molar-refractivity contribution in [3.05, 3.63) is 65.2 Å². The first-order chi connectivity index (χ1) is 13.9. The molecule has 1 saturated heterocycles. The number of amides is 2. The lowest BCUT2D eigenvalue weighted by Crippen LogP contribution is -2.37. The topological polar surface area (TPSA) is 92.8 Å². The number of rotatable bonds is 4. The first kappa shape index (κ1) is 20.9. The van der Waals surface area contributed by atoms with Gasteiger partial charge in [0.05, 0.1) is 5.56 Å². The second-order valence-electron chi connectivity index (χ2n) is 6.45. The molecule has 1 aliphatic rings. The maximum absolute atomic E-state index is 13.9. The fourth-order valence-electron chi connectivity index (χ4n) is 3.12. The Morgan fingerprint density at radius 2 is 1.55 bits per heavy atom. The van der Waals surface area contributed by atoms with E-state index in [4.69, 9.17) is 0 Å². The van der Waals surface area contributed by atoms with E-state index in [2.05, 4.69) is 4.72 Å². The fourth-order valence-corrected chi connectivity index (χ4v) is 3.45. The van der Waals surface area contributed by atoms with Crippen LogP contribution in [0.25, 0.3) is 0 Å². The molecule has 7 nitrogen and oxygen atoms in total. The Kier molecular flexibility index (Phi) is 6.55. The smallest absolute Gasteiger partial charge is 0.257 e. The average molecular weight is 422 g/mol. The first-order valence-corrected chi connectivity index (χ1v) is 9.93. The molecule has 1 atom stereocenters. The molecule has 0 bridgehead atoms. The minimum atomic E-state index is -2.45. The molecule has 1 fully saturated rings. The zero-order chi connectivity index (χ0) is 21.0. The maximum Gasteiger partial charge on any atom is 0.257 e.